The molecule has 0 bridgehead atoms. The lowest BCUT2D eigenvalue weighted by atomic mass is 10.1. The van der Waals surface area contributed by atoms with E-state index in [4.69, 9.17) is 4.74 Å². The minimum Gasteiger partial charge on any atom is -0.389 e. The van der Waals surface area contributed by atoms with Gasteiger partial charge in [0.2, 0.25) is 0 Å². The Morgan fingerprint density at radius 2 is 2.04 bits per heavy atom. The van der Waals surface area contributed by atoms with E-state index in [-0.39, 0.29) is 19.1 Å². The lowest BCUT2D eigenvalue weighted by Crippen LogP contribution is -2.34. The van der Waals surface area contributed by atoms with E-state index >= 15 is 0 Å². The molecule has 2 N–H and O–H groups in total. The van der Waals surface area contributed by atoms with Crippen molar-refractivity contribution in [1.82, 2.24) is 15.1 Å². The van der Waals surface area contributed by atoms with Crippen LogP contribution < -0.4 is 5.32 Å². The average molecular weight is 317 g/mol. The average Bonchev–Trinajstić information content (AvgIpc) is 2.83. The first-order valence-electron chi connectivity index (χ1n) is 7.55. The quantitative estimate of drug-likeness (QED) is 0.807. The molecule has 0 fully saturated rings. The summed E-state index contributed by atoms with van der Waals surface area (Å²) < 4.78 is 6.75. The summed E-state index contributed by atoms with van der Waals surface area (Å²) in [6, 6.07) is 9.42. The Labute approximate surface area is 136 Å². The van der Waals surface area contributed by atoms with Crippen molar-refractivity contribution in [2.75, 3.05) is 20.3 Å². The zero-order chi connectivity index (χ0) is 16.8. The van der Waals surface area contributed by atoms with Gasteiger partial charge in [-0.2, -0.15) is 5.10 Å². The lowest BCUT2D eigenvalue weighted by molar-refractivity contribution is 0.0610. The summed E-state index contributed by atoms with van der Waals surface area (Å²) in [4.78, 5) is 12.0. The summed E-state index contributed by atoms with van der Waals surface area (Å²) in [5.74, 6) is -0.210. The van der Waals surface area contributed by atoms with Crippen molar-refractivity contribution < 1.29 is 14.6 Å². The summed E-state index contributed by atoms with van der Waals surface area (Å²) in [5, 5.41) is 16.6. The Hall–Kier alpha value is -2.18. The van der Waals surface area contributed by atoms with E-state index in [1.807, 2.05) is 36.7 Å². The molecular weight excluding hydrogens is 294 g/mol. The number of hydrogen-bond donors (Lipinski definition) is 2. The number of benzene rings is 1. The van der Waals surface area contributed by atoms with Crippen LogP contribution in [0.2, 0.25) is 0 Å². The number of aryl methyl sites for hydroxylation is 2. The van der Waals surface area contributed by atoms with Gasteiger partial charge in [0.15, 0.2) is 0 Å². The number of rotatable bonds is 7. The maximum atomic E-state index is 12.0. The molecule has 1 unspecified atom stereocenters. The molecule has 0 spiro atoms. The summed E-state index contributed by atoms with van der Waals surface area (Å²) >= 11 is 0. The topological polar surface area (TPSA) is 76.4 Å². The fourth-order valence-corrected chi connectivity index (χ4v) is 2.33. The molecule has 1 heterocycles. The smallest absolute Gasteiger partial charge is 0.251 e. The van der Waals surface area contributed by atoms with Gasteiger partial charge in [0.1, 0.15) is 0 Å². The van der Waals surface area contributed by atoms with Crippen LogP contribution >= 0.6 is 0 Å². The Balaban J connectivity index is 1.93. The van der Waals surface area contributed by atoms with Crippen molar-refractivity contribution >= 4 is 5.91 Å². The SMILES string of the molecule is COCC(O)CNC(=O)c1ccc(Cn2nc(C)cc2C)cc1. The van der Waals surface area contributed by atoms with Crippen LogP contribution in [0.5, 0.6) is 0 Å². The van der Waals surface area contributed by atoms with Gasteiger partial charge in [0, 0.05) is 24.9 Å². The number of carbonyl (C=O) groups excluding carboxylic acids is 1. The van der Waals surface area contributed by atoms with Crippen LogP contribution in [0, 0.1) is 13.8 Å². The van der Waals surface area contributed by atoms with Crippen LogP contribution in [0.4, 0.5) is 0 Å². The monoisotopic (exact) mass is 317 g/mol. The summed E-state index contributed by atoms with van der Waals surface area (Å²) in [6.45, 7) is 5.03. The molecular formula is C17H23N3O3. The molecule has 1 aromatic heterocycles. The molecule has 1 atom stereocenters. The normalized spacial score (nSPS) is 12.2. The number of aliphatic hydroxyl groups is 1. The van der Waals surface area contributed by atoms with Gasteiger partial charge in [0.25, 0.3) is 5.91 Å². The third-order valence-electron chi connectivity index (χ3n) is 3.51. The largest absolute Gasteiger partial charge is 0.389 e. The first kappa shape index (κ1) is 17.2. The Morgan fingerprint density at radius 1 is 1.35 bits per heavy atom. The maximum Gasteiger partial charge on any atom is 0.251 e. The van der Waals surface area contributed by atoms with E-state index in [1.165, 1.54) is 7.11 Å². The lowest BCUT2D eigenvalue weighted by Gasteiger charge is -2.11. The molecule has 0 radical (unpaired) electrons. The Bertz CT molecular complexity index is 650. The molecule has 23 heavy (non-hydrogen) atoms. The van der Waals surface area contributed by atoms with Gasteiger partial charge in [0.05, 0.1) is 24.9 Å². The molecule has 2 aromatic rings. The van der Waals surface area contributed by atoms with E-state index in [0.717, 1.165) is 17.0 Å². The maximum absolute atomic E-state index is 12.0. The van der Waals surface area contributed by atoms with Crippen molar-refractivity contribution in [2.45, 2.75) is 26.5 Å². The minimum atomic E-state index is -0.700. The zero-order valence-corrected chi connectivity index (χ0v) is 13.7. The van der Waals surface area contributed by atoms with Gasteiger partial charge in [-0.25, -0.2) is 0 Å². The predicted octanol–water partition coefficient (Wildman–Crippen LogP) is 1.29. The van der Waals surface area contributed by atoms with Crippen molar-refractivity contribution in [3.05, 3.63) is 52.8 Å². The second-order valence-corrected chi connectivity index (χ2v) is 5.60. The third kappa shape index (κ3) is 4.91. The number of aliphatic hydroxyl groups excluding tert-OH is 1. The Kier molecular flexibility index (Phi) is 5.90. The van der Waals surface area contributed by atoms with E-state index in [9.17, 15) is 9.90 Å². The van der Waals surface area contributed by atoms with Crippen molar-refractivity contribution in [2.24, 2.45) is 0 Å². The number of carbonyl (C=O) groups is 1. The van der Waals surface area contributed by atoms with Crippen LogP contribution in [0.15, 0.2) is 30.3 Å². The molecule has 0 aliphatic heterocycles. The zero-order valence-electron chi connectivity index (χ0n) is 13.7. The van der Waals surface area contributed by atoms with Gasteiger partial charge < -0.3 is 15.2 Å². The standard InChI is InChI=1S/C17H23N3O3/c1-12-8-13(2)20(19-12)10-14-4-6-15(7-5-14)17(22)18-9-16(21)11-23-3/h4-8,16,21H,9-11H2,1-3H3,(H,18,22). The molecule has 6 heteroatoms. The summed E-state index contributed by atoms with van der Waals surface area (Å²) in [7, 11) is 1.51. The molecule has 1 aromatic carbocycles. The molecule has 6 nitrogen and oxygen atoms in total. The second kappa shape index (κ2) is 7.89. The van der Waals surface area contributed by atoms with Crippen molar-refractivity contribution in [1.29, 1.82) is 0 Å². The van der Waals surface area contributed by atoms with Crippen molar-refractivity contribution in [3.63, 3.8) is 0 Å². The highest BCUT2D eigenvalue weighted by Crippen LogP contribution is 2.09. The third-order valence-corrected chi connectivity index (χ3v) is 3.51. The minimum absolute atomic E-state index is 0.167. The number of amides is 1. The van der Waals surface area contributed by atoms with Crippen LogP contribution in [0.1, 0.15) is 27.3 Å². The molecule has 2 rings (SSSR count). The van der Waals surface area contributed by atoms with E-state index < -0.39 is 6.10 Å². The summed E-state index contributed by atoms with van der Waals surface area (Å²) in [5.41, 5.74) is 3.74. The number of hydrogen-bond acceptors (Lipinski definition) is 4. The number of nitrogens with zero attached hydrogens (tertiary/aromatic N) is 2. The van der Waals surface area contributed by atoms with Crippen LogP contribution in [0.25, 0.3) is 0 Å². The Morgan fingerprint density at radius 3 is 2.61 bits per heavy atom. The van der Waals surface area contributed by atoms with E-state index in [1.54, 1.807) is 12.1 Å². The number of nitrogens with one attached hydrogen (secondary N) is 1. The molecule has 0 aliphatic rings. The van der Waals surface area contributed by atoms with Gasteiger partial charge >= 0.3 is 0 Å². The van der Waals surface area contributed by atoms with E-state index in [0.29, 0.717) is 12.1 Å². The first-order valence-corrected chi connectivity index (χ1v) is 7.55. The molecule has 0 saturated heterocycles. The highest BCUT2D eigenvalue weighted by molar-refractivity contribution is 5.94. The second-order valence-electron chi connectivity index (χ2n) is 5.60. The number of methoxy groups -OCH3 is 1. The summed E-state index contributed by atoms with van der Waals surface area (Å²) in [6.07, 6.45) is -0.700. The molecule has 124 valence electrons. The first-order chi connectivity index (χ1) is 11.0. The van der Waals surface area contributed by atoms with Gasteiger partial charge in [-0.15, -0.1) is 0 Å². The fraction of sp³-hybridized carbons (Fsp3) is 0.412. The molecule has 0 aliphatic carbocycles. The highest BCUT2D eigenvalue weighted by Gasteiger charge is 2.09. The van der Waals surface area contributed by atoms with Crippen molar-refractivity contribution in [3.8, 4) is 0 Å². The fourth-order valence-electron chi connectivity index (χ4n) is 2.33. The number of aromatic nitrogens is 2. The van der Waals surface area contributed by atoms with Gasteiger partial charge in [-0.1, -0.05) is 12.1 Å². The van der Waals surface area contributed by atoms with E-state index in [2.05, 4.69) is 10.4 Å². The number of ether oxygens (including phenoxy) is 1. The molecule has 0 saturated carbocycles. The van der Waals surface area contributed by atoms with Crippen LogP contribution in [0.3, 0.4) is 0 Å². The molecule has 1 amide bonds. The van der Waals surface area contributed by atoms with Gasteiger partial charge in [-0.05, 0) is 37.6 Å². The van der Waals surface area contributed by atoms with Crippen LogP contribution in [-0.2, 0) is 11.3 Å². The van der Waals surface area contributed by atoms with Gasteiger partial charge in [-0.3, -0.25) is 9.48 Å². The van der Waals surface area contributed by atoms with Crippen LogP contribution in [-0.4, -0.2) is 47.2 Å². The predicted molar refractivity (Wildman–Crippen MR) is 87.5 cm³/mol. The highest BCUT2D eigenvalue weighted by atomic mass is 16.5.